The monoisotopic (exact) mass is 376 g/mol. The number of halogens is 1. The van der Waals surface area contributed by atoms with Gasteiger partial charge in [-0.2, -0.15) is 0 Å². The third-order valence-electron chi connectivity index (χ3n) is 3.59. The van der Waals surface area contributed by atoms with Crippen LogP contribution in [0.5, 0.6) is 0 Å². The zero-order valence-corrected chi connectivity index (χ0v) is 15.8. The van der Waals surface area contributed by atoms with Crippen LogP contribution in [0.1, 0.15) is 16.7 Å². The van der Waals surface area contributed by atoms with Crippen LogP contribution in [0.4, 0.5) is 10.5 Å². The molecule has 2 aromatic rings. The van der Waals surface area contributed by atoms with Crippen LogP contribution < -0.4 is 16.4 Å². The molecule has 2 aromatic carbocycles. The molecule has 140 valence electrons. The number of aryl methyl sites for hydroxylation is 2. The first-order chi connectivity index (χ1) is 12.1. The van der Waals surface area contributed by atoms with Gasteiger partial charge < -0.3 is 15.8 Å². The fourth-order valence-corrected chi connectivity index (χ4v) is 2.31. The Morgan fingerprint density at radius 3 is 2.38 bits per heavy atom. The van der Waals surface area contributed by atoms with E-state index >= 15 is 0 Å². The summed E-state index contributed by atoms with van der Waals surface area (Å²) in [6.07, 6.45) is 0. The average molecular weight is 377 g/mol. The van der Waals surface area contributed by atoms with Gasteiger partial charge in [-0.1, -0.05) is 48.5 Å². The first-order valence-electron chi connectivity index (χ1n) is 8.12. The Morgan fingerprint density at radius 2 is 1.73 bits per heavy atom. The third kappa shape index (κ3) is 7.13. The topological polar surface area (TPSA) is 88.7 Å². The number of hydrogen-bond acceptors (Lipinski definition) is 3. The standard InChI is InChI=1S/C19H24N4O2.ClH/c1-14-7-6-8-15(2)17(14)22-19(24)23-18(20)21-11-12-25-13-16-9-4-3-5-10-16;/h3-10H,11-13H2,1-2H3,(H4,20,21,22,23,24);1H. The highest BCUT2D eigenvalue weighted by atomic mass is 35.5. The van der Waals surface area contributed by atoms with Gasteiger partial charge in [0.05, 0.1) is 19.8 Å². The van der Waals surface area contributed by atoms with Crippen molar-refractivity contribution in [3.05, 3.63) is 65.2 Å². The number of aliphatic imine (C=N–C) groups is 1. The average Bonchev–Trinajstić information content (AvgIpc) is 2.59. The van der Waals surface area contributed by atoms with E-state index in [4.69, 9.17) is 10.5 Å². The maximum absolute atomic E-state index is 12.0. The molecule has 4 N–H and O–H groups in total. The molecule has 0 aliphatic heterocycles. The summed E-state index contributed by atoms with van der Waals surface area (Å²) in [4.78, 5) is 16.1. The zero-order chi connectivity index (χ0) is 18.1. The summed E-state index contributed by atoms with van der Waals surface area (Å²) in [7, 11) is 0. The van der Waals surface area contributed by atoms with Crippen LogP contribution in [0.15, 0.2) is 53.5 Å². The number of rotatable bonds is 6. The summed E-state index contributed by atoms with van der Waals surface area (Å²) < 4.78 is 5.51. The second kappa shape index (κ2) is 11.1. The van der Waals surface area contributed by atoms with Crippen LogP contribution >= 0.6 is 12.4 Å². The predicted molar refractivity (Wildman–Crippen MR) is 108 cm³/mol. The lowest BCUT2D eigenvalue weighted by molar-refractivity contribution is 0.128. The number of benzene rings is 2. The second-order valence-corrected chi connectivity index (χ2v) is 5.65. The van der Waals surface area contributed by atoms with Gasteiger partial charge in [-0.15, -0.1) is 12.4 Å². The molecule has 2 amide bonds. The lowest BCUT2D eigenvalue weighted by Crippen LogP contribution is -2.40. The summed E-state index contributed by atoms with van der Waals surface area (Å²) in [6, 6.07) is 15.3. The Hall–Kier alpha value is -2.57. The maximum Gasteiger partial charge on any atom is 0.326 e. The lowest BCUT2D eigenvalue weighted by Gasteiger charge is -2.12. The van der Waals surface area contributed by atoms with E-state index in [1.165, 1.54) is 0 Å². The number of hydrogen-bond donors (Lipinski definition) is 3. The molecular formula is C19H25ClN4O2. The molecule has 0 unspecified atom stereocenters. The minimum absolute atomic E-state index is 0. The second-order valence-electron chi connectivity index (χ2n) is 5.65. The minimum Gasteiger partial charge on any atom is -0.375 e. The van der Waals surface area contributed by atoms with E-state index in [9.17, 15) is 4.79 Å². The number of carbonyl (C=O) groups is 1. The van der Waals surface area contributed by atoms with Gasteiger partial charge in [0.25, 0.3) is 0 Å². The highest BCUT2D eigenvalue weighted by Gasteiger charge is 2.07. The van der Waals surface area contributed by atoms with Crippen LogP contribution in [-0.2, 0) is 11.3 Å². The fraction of sp³-hybridized carbons (Fsp3) is 0.263. The zero-order valence-electron chi connectivity index (χ0n) is 15.0. The van der Waals surface area contributed by atoms with E-state index in [0.717, 1.165) is 22.4 Å². The fourth-order valence-electron chi connectivity index (χ4n) is 2.31. The van der Waals surface area contributed by atoms with Crippen molar-refractivity contribution in [3.63, 3.8) is 0 Å². The van der Waals surface area contributed by atoms with E-state index in [-0.39, 0.29) is 18.4 Å². The molecule has 0 saturated carbocycles. The van der Waals surface area contributed by atoms with Crippen molar-refractivity contribution in [2.24, 2.45) is 10.7 Å². The molecule has 26 heavy (non-hydrogen) atoms. The largest absolute Gasteiger partial charge is 0.375 e. The summed E-state index contributed by atoms with van der Waals surface area (Å²) in [5.41, 5.74) is 9.57. The molecule has 0 saturated heterocycles. The lowest BCUT2D eigenvalue weighted by atomic mass is 10.1. The SMILES string of the molecule is Cc1cccc(C)c1NC(=O)NC(N)=NCCOCc1ccccc1.Cl. The van der Waals surface area contributed by atoms with Crippen molar-refractivity contribution in [1.82, 2.24) is 5.32 Å². The molecule has 7 heteroatoms. The molecule has 0 heterocycles. The smallest absolute Gasteiger partial charge is 0.326 e. The van der Waals surface area contributed by atoms with Gasteiger partial charge in [0.2, 0.25) is 0 Å². The van der Waals surface area contributed by atoms with Gasteiger partial charge in [0, 0.05) is 5.69 Å². The third-order valence-corrected chi connectivity index (χ3v) is 3.59. The number of urea groups is 1. The van der Waals surface area contributed by atoms with Crippen molar-refractivity contribution < 1.29 is 9.53 Å². The first-order valence-corrected chi connectivity index (χ1v) is 8.12. The van der Waals surface area contributed by atoms with Gasteiger partial charge in [0.15, 0.2) is 5.96 Å². The van der Waals surface area contributed by atoms with E-state index < -0.39 is 6.03 Å². The molecule has 0 radical (unpaired) electrons. The molecule has 0 atom stereocenters. The highest BCUT2D eigenvalue weighted by Crippen LogP contribution is 2.18. The Kier molecular flexibility index (Phi) is 9.19. The molecule has 6 nitrogen and oxygen atoms in total. The normalized spacial score (nSPS) is 10.8. The van der Waals surface area contributed by atoms with E-state index in [0.29, 0.717) is 19.8 Å². The number of anilines is 1. The number of ether oxygens (including phenoxy) is 1. The van der Waals surface area contributed by atoms with Gasteiger partial charge in [-0.3, -0.25) is 10.3 Å². The minimum atomic E-state index is -0.413. The van der Waals surface area contributed by atoms with Gasteiger partial charge in [-0.25, -0.2) is 4.79 Å². The van der Waals surface area contributed by atoms with E-state index in [2.05, 4.69) is 15.6 Å². The summed E-state index contributed by atoms with van der Waals surface area (Å²) in [5.74, 6) is 0.0621. The molecule has 0 bridgehead atoms. The Bertz CT molecular complexity index is 715. The molecule has 0 aliphatic carbocycles. The highest BCUT2D eigenvalue weighted by molar-refractivity contribution is 6.02. The number of para-hydroxylation sites is 1. The summed E-state index contributed by atoms with van der Waals surface area (Å²) >= 11 is 0. The number of nitrogens with zero attached hydrogens (tertiary/aromatic N) is 1. The number of amides is 2. The van der Waals surface area contributed by atoms with E-state index in [1.807, 2.05) is 62.4 Å². The van der Waals surface area contributed by atoms with Gasteiger partial charge >= 0.3 is 6.03 Å². The molecule has 0 aromatic heterocycles. The number of nitrogens with two attached hydrogens (primary N) is 1. The van der Waals surface area contributed by atoms with Crippen LogP contribution in [0.3, 0.4) is 0 Å². The van der Waals surface area contributed by atoms with Gasteiger partial charge in [-0.05, 0) is 30.5 Å². The Balaban J connectivity index is 0.00000338. The molecule has 0 spiro atoms. The summed E-state index contributed by atoms with van der Waals surface area (Å²) in [6.45, 7) is 5.20. The Morgan fingerprint density at radius 1 is 1.08 bits per heavy atom. The van der Waals surface area contributed by atoms with E-state index in [1.54, 1.807) is 0 Å². The quantitative estimate of drug-likeness (QED) is 0.410. The number of guanidine groups is 1. The maximum atomic E-state index is 12.0. The number of carbonyl (C=O) groups excluding carboxylic acids is 1. The van der Waals surface area contributed by atoms with Crippen molar-refractivity contribution >= 4 is 30.1 Å². The van der Waals surface area contributed by atoms with Crippen molar-refractivity contribution in [2.75, 3.05) is 18.5 Å². The summed E-state index contributed by atoms with van der Waals surface area (Å²) in [5, 5.41) is 5.30. The van der Waals surface area contributed by atoms with Crippen molar-refractivity contribution in [3.8, 4) is 0 Å². The van der Waals surface area contributed by atoms with Crippen LogP contribution in [0, 0.1) is 13.8 Å². The van der Waals surface area contributed by atoms with Crippen LogP contribution in [0.2, 0.25) is 0 Å². The van der Waals surface area contributed by atoms with Crippen molar-refractivity contribution in [1.29, 1.82) is 0 Å². The predicted octanol–water partition coefficient (Wildman–Crippen LogP) is 3.38. The van der Waals surface area contributed by atoms with Crippen LogP contribution in [-0.4, -0.2) is 25.1 Å². The first kappa shape index (κ1) is 21.5. The van der Waals surface area contributed by atoms with Crippen LogP contribution in [0.25, 0.3) is 0 Å². The molecular weight excluding hydrogens is 352 g/mol. The number of nitrogens with one attached hydrogen (secondary N) is 2. The van der Waals surface area contributed by atoms with Crippen molar-refractivity contribution in [2.45, 2.75) is 20.5 Å². The molecule has 0 fully saturated rings. The van der Waals surface area contributed by atoms with Gasteiger partial charge in [0.1, 0.15) is 0 Å². The molecule has 0 aliphatic rings. The molecule has 2 rings (SSSR count). The Labute approximate surface area is 160 Å².